The topological polar surface area (TPSA) is 95.9 Å². The van der Waals surface area contributed by atoms with Crippen molar-refractivity contribution in [3.05, 3.63) is 48.6 Å². The van der Waals surface area contributed by atoms with Gasteiger partial charge in [-0.25, -0.2) is 0 Å². The molecule has 85 heavy (non-hydrogen) atoms. The fraction of sp³-hybridized carbons (Fsp3) is 0.873. The number of allylic oxidation sites excluding steroid dienone is 7. The average molecular weight is 1190 g/mol. The van der Waals surface area contributed by atoms with E-state index in [0.29, 0.717) is 19.4 Å². The van der Waals surface area contributed by atoms with Crippen LogP contribution in [0.4, 0.5) is 0 Å². The molecule has 0 bridgehead atoms. The zero-order valence-electron chi connectivity index (χ0n) is 57.4. The second kappa shape index (κ2) is 74.3. The number of unbranched alkanes of at least 4 members (excludes halogenated alkanes) is 55. The Morgan fingerprint density at radius 2 is 0.588 bits per heavy atom. The largest absolute Gasteiger partial charge is 0.466 e. The van der Waals surface area contributed by atoms with E-state index in [0.717, 1.165) is 51.4 Å². The van der Waals surface area contributed by atoms with E-state index in [4.69, 9.17) is 4.74 Å². The van der Waals surface area contributed by atoms with Gasteiger partial charge in [0.2, 0.25) is 5.91 Å². The predicted octanol–water partition coefficient (Wildman–Crippen LogP) is 25.2. The number of amides is 1. The van der Waals surface area contributed by atoms with E-state index in [1.54, 1.807) is 6.08 Å². The quantitative estimate of drug-likeness (QED) is 0.0320. The number of rotatable bonds is 72. The maximum Gasteiger partial charge on any atom is 0.305 e. The molecule has 0 aromatic rings. The Kier molecular flexibility index (Phi) is 72.4. The minimum Gasteiger partial charge on any atom is -0.466 e. The van der Waals surface area contributed by atoms with Crippen molar-refractivity contribution in [1.29, 1.82) is 0 Å². The molecule has 0 aliphatic carbocycles. The van der Waals surface area contributed by atoms with Crippen molar-refractivity contribution < 1.29 is 24.5 Å². The van der Waals surface area contributed by atoms with Crippen molar-refractivity contribution in [3.63, 3.8) is 0 Å². The Labute approximate surface area is 531 Å². The molecule has 0 saturated heterocycles. The van der Waals surface area contributed by atoms with E-state index < -0.39 is 12.1 Å². The molecule has 2 atom stereocenters. The molecule has 6 heteroatoms. The average Bonchev–Trinajstić information content (AvgIpc) is 3.50. The molecule has 0 aliphatic rings. The Bertz CT molecular complexity index is 1420. The Morgan fingerprint density at radius 3 is 0.918 bits per heavy atom. The van der Waals surface area contributed by atoms with Gasteiger partial charge >= 0.3 is 5.97 Å². The number of ether oxygens (including phenoxy) is 1. The van der Waals surface area contributed by atoms with E-state index >= 15 is 0 Å². The summed E-state index contributed by atoms with van der Waals surface area (Å²) in [5.74, 6) is -0.0485. The first kappa shape index (κ1) is 82.8. The van der Waals surface area contributed by atoms with Crippen LogP contribution in [0.25, 0.3) is 0 Å². The van der Waals surface area contributed by atoms with E-state index in [-0.39, 0.29) is 18.5 Å². The van der Waals surface area contributed by atoms with E-state index in [1.165, 1.54) is 340 Å². The van der Waals surface area contributed by atoms with Crippen molar-refractivity contribution in [3.8, 4) is 0 Å². The molecule has 0 fully saturated rings. The van der Waals surface area contributed by atoms with Crippen LogP contribution in [0.15, 0.2) is 48.6 Å². The van der Waals surface area contributed by atoms with Crippen molar-refractivity contribution >= 4 is 11.9 Å². The summed E-state index contributed by atoms with van der Waals surface area (Å²) in [6, 6.07) is -0.624. The summed E-state index contributed by atoms with van der Waals surface area (Å²) in [5.41, 5.74) is 0. The first-order valence-electron chi connectivity index (χ1n) is 38.4. The predicted molar refractivity (Wildman–Crippen MR) is 375 cm³/mol. The summed E-state index contributed by atoms with van der Waals surface area (Å²) in [5, 5.41) is 23.1. The lowest BCUT2D eigenvalue weighted by Gasteiger charge is -2.20. The summed E-state index contributed by atoms with van der Waals surface area (Å²) in [6.07, 6.45) is 98.0. The van der Waals surface area contributed by atoms with Gasteiger partial charge in [-0.3, -0.25) is 9.59 Å². The number of nitrogens with one attached hydrogen (secondary N) is 1. The van der Waals surface area contributed by atoms with Gasteiger partial charge < -0.3 is 20.3 Å². The Balaban J connectivity index is 3.33. The minimum atomic E-state index is -0.841. The highest BCUT2D eigenvalue weighted by Crippen LogP contribution is 2.19. The fourth-order valence-electron chi connectivity index (χ4n) is 12.0. The molecule has 0 aromatic heterocycles. The first-order valence-corrected chi connectivity index (χ1v) is 38.4. The molecule has 3 N–H and O–H groups in total. The third kappa shape index (κ3) is 70.8. The third-order valence-electron chi connectivity index (χ3n) is 17.8. The van der Waals surface area contributed by atoms with Crippen LogP contribution in [0.1, 0.15) is 418 Å². The molecule has 2 unspecified atom stereocenters. The number of esters is 1. The van der Waals surface area contributed by atoms with E-state index in [1.807, 2.05) is 6.08 Å². The van der Waals surface area contributed by atoms with Crippen molar-refractivity contribution in [2.45, 2.75) is 431 Å². The van der Waals surface area contributed by atoms with Gasteiger partial charge in [0.25, 0.3) is 0 Å². The van der Waals surface area contributed by atoms with Crippen LogP contribution >= 0.6 is 0 Å². The second-order valence-corrected chi connectivity index (χ2v) is 26.3. The lowest BCUT2D eigenvalue weighted by atomic mass is 10.0. The summed E-state index contributed by atoms with van der Waals surface area (Å²) >= 11 is 0. The molecule has 0 aliphatic heterocycles. The van der Waals surface area contributed by atoms with Crippen LogP contribution < -0.4 is 5.32 Å². The monoisotopic (exact) mass is 1190 g/mol. The molecule has 1 amide bonds. The van der Waals surface area contributed by atoms with Gasteiger partial charge in [-0.2, -0.15) is 0 Å². The molecule has 0 aromatic carbocycles. The van der Waals surface area contributed by atoms with Crippen molar-refractivity contribution in [2.75, 3.05) is 13.2 Å². The Morgan fingerprint density at radius 1 is 0.329 bits per heavy atom. The highest BCUT2D eigenvalue weighted by Gasteiger charge is 2.18. The molecule has 0 spiro atoms. The number of aliphatic hydroxyl groups excluding tert-OH is 2. The standard InChI is InChI=1S/C79H149NO5/c1-3-5-7-9-11-13-15-17-18-19-42-45-49-53-57-61-65-69-73-79(84)85-74-70-66-62-58-54-50-46-43-40-38-36-34-32-30-28-26-24-22-20-21-23-25-27-29-31-33-35-37-39-41-44-48-52-56-60-64-68-72-78(83)80-76(75-81)77(82)71-67-63-59-55-51-47-16-14-12-10-8-6-4-2/h13,15,18-20,22,67,71,76-77,81-82H,3-12,14,16-17,21,23-66,68-70,72-75H2,1-2H3,(H,80,83)/b15-13-,19-18-,22-20-,71-67+. The smallest absolute Gasteiger partial charge is 0.305 e. The highest BCUT2D eigenvalue weighted by molar-refractivity contribution is 5.76. The van der Waals surface area contributed by atoms with Gasteiger partial charge in [0.1, 0.15) is 0 Å². The van der Waals surface area contributed by atoms with E-state index in [9.17, 15) is 19.8 Å². The zero-order chi connectivity index (χ0) is 61.3. The molecule has 0 radical (unpaired) electrons. The molecular formula is C79H149NO5. The summed E-state index contributed by atoms with van der Waals surface area (Å²) in [6.45, 7) is 4.91. The van der Waals surface area contributed by atoms with Gasteiger partial charge in [0.05, 0.1) is 25.4 Å². The van der Waals surface area contributed by atoms with Gasteiger partial charge in [-0.05, 0) is 89.9 Å². The number of carbonyl (C=O) groups is 2. The van der Waals surface area contributed by atoms with Crippen molar-refractivity contribution in [1.82, 2.24) is 5.32 Å². The fourth-order valence-corrected chi connectivity index (χ4v) is 12.0. The SMILES string of the molecule is CCCCCC/C=C\C/C=C\CCCCCCCCCC(=O)OCCCCCCCCCCCCCCCCCC/C=C\CCCCCCCCCCCCCCCCCCCC(=O)NC(CO)C(O)/C=C/CCCCCCCCCCCCC. The number of hydrogen-bond acceptors (Lipinski definition) is 5. The number of aliphatic hydroxyl groups is 2. The Hall–Kier alpha value is -2.18. The summed E-state index contributed by atoms with van der Waals surface area (Å²) in [7, 11) is 0. The third-order valence-corrected chi connectivity index (χ3v) is 17.8. The van der Waals surface area contributed by atoms with Crippen LogP contribution in [-0.2, 0) is 14.3 Å². The summed E-state index contributed by atoms with van der Waals surface area (Å²) in [4.78, 5) is 24.6. The van der Waals surface area contributed by atoms with Crippen LogP contribution in [0.3, 0.4) is 0 Å². The molecule has 500 valence electrons. The second-order valence-electron chi connectivity index (χ2n) is 26.3. The number of hydrogen-bond donors (Lipinski definition) is 3. The van der Waals surface area contributed by atoms with Gasteiger partial charge in [-0.15, -0.1) is 0 Å². The normalized spacial score (nSPS) is 12.8. The van der Waals surface area contributed by atoms with E-state index in [2.05, 4.69) is 55.6 Å². The van der Waals surface area contributed by atoms with Gasteiger partial charge in [0.15, 0.2) is 0 Å². The van der Waals surface area contributed by atoms with Crippen LogP contribution in [-0.4, -0.2) is 47.4 Å². The van der Waals surface area contributed by atoms with Crippen LogP contribution in [0.2, 0.25) is 0 Å². The van der Waals surface area contributed by atoms with Gasteiger partial charge in [0, 0.05) is 12.8 Å². The van der Waals surface area contributed by atoms with Gasteiger partial charge in [-0.1, -0.05) is 364 Å². The number of carbonyl (C=O) groups excluding carboxylic acids is 2. The molecule has 0 rings (SSSR count). The first-order chi connectivity index (χ1) is 42.0. The van der Waals surface area contributed by atoms with Crippen LogP contribution in [0, 0.1) is 0 Å². The maximum atomic E-state index is 12.5. The highest BCUT2D eigenvalue weighted by atomic mass is 16.5. The maximum absolute atomic E-state index is 12.5. The molecule has 0 saturated carbocycles. The minimum absolute atomic E-state index is 0.0142. The molecule has 0 heterocycles. The zero-order valence-corrected chi connectivity index (χ0v) is 57.4. The molecule has 6 nitrogen and oxygen atoms in total. The molecular weight excluding hydrogens is 1040 g/mol. The lowest BCUT2D eigenvalue weighted by Crippen LogP contribution is -2.45. The van der Waals surface area contributed by atoms with Crippen LogP contribution in [0.5, 0.6) is 0 Å². The van der Waals surface area contributed by atoms with Crippen molar-refractivity contribution in [2.24, 2.45) is 0 Å². The summed E-state index contributed by atoms with van der Waals surface area (Å²) < 4.78 is 5.51. The lowest BCUT2D eigenvalue weighted by molar-refractivity contribution is -0.143.